The second-order valence-corrected chi connectivity index (χ2v) is 8.40. The fourth-order valence-electron chi connectivity index (χ4n) is 4.27. The molecule has 0 radical (unpaired) electrons. The van der Waals surface area contributed by atoms with Gasteiger partial charge in [0.2, 0.25) is 5.91 Å². The zero-order valence-corrected chi connectivity index (χ0v) is 14.3. The van der Waals surface area contributed by atoms with Crippen molar-refractivity contribution >= 4 is 39.1 Å². The van der Waals surface area contributed by atoms with E-state index in [-0.39, 0.29) is 17.7 Å². The Labute approximate surface area is 148 Å². The van der Waals surface area contributed by atoms with Crippen LogP contribution < -0.4 is 5.32 Å². The minimum Gasteiger partial charge on any atom is -0.481 e. The molecule has 1 amide bonds. The van der Waals surface area contributed by atoms with Crippen LogP contribution in [0.25, 0.3) is 10.2 Å². The fourth-order valence-corrected chi connectivity index (χ4v) is 5.44. The van der Waals surface area contributed by atoms with Crippen LogP contribution >= 0.6 is 11.3 Å². The van der Waals surface area contributed by atoms with Gasteiger partial charge in [-0.1, -0.05) is 12.2 Å². The minimum atomic E-state index is -0.871. The summed E-state index contributed by atoms with van der Waals surface area (Å²) >= 11 is 1.69. The number of hydrogen-bond donors (Lipinski definition) is 2. The Morgan fingerprint density at radius 3 is 2.64 bits per heavy atom. The standard InChI is InChI=1S/C19H18N2O3S/c22-17(15-10-3-4-11(7-10)16(15)19(23)24)20-12-5-6-13-14(8-12)25-18(21-13)9-1-2-9/h3-6,8-11,15-16H,1-2,7H2,(H,20,22)(H,23,24)/t10-,11-,15+,16+/m0/s1. The van der Waals surface area contributed by atoms with Crippen LogP contribution in [-0.2, 0) is 9.59 Å². The van der Waals surface area contributed by atoms with Crippen LogP contribution in [0.15, 0.2) is 30.4 Å². The first-order valence-electron chi connectivity index (χ1n) is 8.72. The van der Waals surface area contributed by atoms with Crippen LogP contribution in [0.4, 0.5) is 5.69 Å². The van der Waals surface area contributed by atoms with E-state index >= 15 is 0 Å². The van der Waals surface area contributed by atoms with Crippen molar-refractivity contribution in [3.63, 3.8) is 0 Å². The summed E-state index contributed by atoms with van der Waals surface area (Å²) in [5, 5.41) is 13.6. The first-order valence-corrected chi connectivity index (χ1v) is 9.54. The normalized spacial score (nSPS) is 30.1. The van der Waals surface area contributed by atoms with Crippen molar-refractivity contribution in [2.24, 2.45) is 23.7 Å². The molecule has 3 aliphatic rings. The zero-order chi connectivity index (χ0) is 17.1. The Bertz CT molecular complexity index is 915. The van der Waals surface area contributed by atoms with Gasteiger partial charge in [0.05, 0.1) is 27.1 Å². The second-order valence-electron chi connectivity index (χ2n) is 7.34. The Hall–Kier alpha value is -2.21. The molecule has 5 rings (SSSR count). The van der Waals surface area contributed by atoms with E-state index in [0.717, 1.165) is 22.3 Å². The maximum atomic E-state index is 12.8. The van der Waals surface area contributed by atoms with Gasteiger partial charge in [0.25, 0.3) is 0 Å². The Morgan fingerprint density at radius 1 is 1.16 bits per heavy atom. The third-order valence-corrected chi connectivity index (χ3v) is 6.83. The molecular formula is C19H18N2O3S. The number of nitrogens with one attached hydrogen (secondary N) is 1. The van der Waals surface area contributed by atoms with Crippen LogP contribution in [-0.4, -0.2) is 22.0 Å². The maximum absolute atomic E-state index is 12.8. The second kappa shape index (κ2) is 5.39. The van der Waals surface area contributed by atoms with Gasteiger partial charge >= 0.3 is 5.97 Å². The van der Waals surface area contributed by atoms with Gasteiger partial charge in [-0.3, -0.25) is 9.59 Å². The van der Waals surface area contributed by atoms with Crippen LogP contribution in [0.1, 0.15) is 30.2 Å². The number of thiazole rings is 1. The number of carboxylic acid groups (broad SMARTS) is 1. The summed E-state index contributed by atoms with van der Waals surface area (Å²) in [5.74, 6) is -1.49. The Kier molecular flexibility index (Phi) is 3.25. The summed E-state index contributed by atoms with van der Waals surface area (Å²) in [4.78, 5) is 29.0. The molecule has 6 heteroatoms. The van der Waals surface area contributed by atoms with Crippen molar-refractivity contribution in [3.8, 4) is 0 Å². The molecule has 0 saturated heterocycles. The lowest BCUT2D eigenvalue weighted by atomic mass is 9.82. The average Bonchev–Trinajstić information content (AvgIpc) is 3.04. The minimum absolute atomic E-state index is 0.0108. The summed E-state index contributed by atoms with van der Waals surface area (Å²) in [7, 11) is 0. The fraction of sp³-hybridized carbons (Fsp3) is 0.421. The number of allylic oxidation sites excluding steroid dienone is 2. The maximum Gasteiger partial charge on any atom is 0.307 e. The lowest BCUT2D eigenvalue weighted by Crippen LogP contribution is -2.36. The summed E-state index contributed by atoms with van der Waals surface area (Å²) in [6, 6.07) is 5.74. The van der Waals surface area contributed by atoms with Crippen LogP contribution in [0.2, 0.25) is 0 Å². The molecule has 2 N–H and O–H groups in total. The lowest BCUT2D eigenvalue weighted by Gasteiger charge is -2.23. The first kappa shape index (κ1) is 15.1. The number of aliphatic carboxylic acids is 1. The first-order chi connectivity index (χ1) is 12.1. The number of carbonyl (C=O) groups is 2. The molecule has 3 aliphatic carbocycles. The van der Waals surface area contributed by atoms with Gasteiger partial charge in [-0.25, -0.2) is 4.98 Å². The smallest absolute Gasteiger partial charge is 0.307 e. The number of rotatable bonds is 4. The highest BCUT2D eigenvalue weighted by molar-refractivity contribution is 7.18. The molecule has 4 atom stereocenters. The Morgan fingerprint density at radius 2 is 1.92 bits per heavy atom. The number of fused-ring (bicyclic) bond motifs is 3. The van der Waals surface area contributed by atoms with Crippen LogP contribution in [0.3, 0.4) is 0 Å². The van der Waals surface area contributed by atoms with Gasteiger partial charge in [0.1, 0.15) is 0 Å². The number of carboxylic acids is 1. The highest BCUT2D eigenvalue weighted by Gasteiger charge is 2.51. The third kappa shape index (κ3) is 2.47. The van der Waals surface area contributed by atoms with Gasteiger partial charge in [0, 0.05) is 11.6 Å². The van der Waals surface area contributed by atoms with Crippen LogP contribution in [0, 0.1) is 23.7 Å². The highest BCUT2D eigenvalue weighted by atomic mass is 32.1. The number of hydrogen-bond acceptors (Lipinski definition) is 4. The highest BCUT2D eigenvalue weighted by Crippen LogP contribution is 2.48. The number of anilines is 1. The summed E-state index contributed by atoms with van der Waals surface area (Å²) < 4.78 is 1.07. The molecule has 2 fully saturated rings. The number of benzene rings is 1. The number of aromatic nitrogens is 1. The van der Waals surface area contributed by atoms with Crippen LogP contribution in [0.5, 0.6) is 0 Å². The predicted octanol–water partition coefficient (Wildman–Crippen LogP) is 3.64. The van der Waals surface area contributed by atoms with E-state index in [1.807, 2.05) is 30.4 Å². The van der Waals surface area contributed by atoms with E-state index in [0.29, 0.717) is 5.92 Å². The third-order valence-electron chi connectivity index (χ3n) is 5.65. The van der Waals surface area contributed by atoms with E-state index in [4.69, 9.17) is 0 Å². The van der Waals surface area contributed by atoms with Crippen molar-refractivity contribution in [1.82, 2.24) is 4.98 Å². The van der Waals surface area contributed by atoms with E-state index in [2.05, 4.69) is 10.3 Å². The number of carbonyl (C=O) groups excluding carboxylic acids is 1. The molecule has 2 bridgehead atoms. The van der Waals surface area contributed by atoms with E-state index in [9.17, 15) is 14.7 Å². The van der Waals surface area contributed by atoms with Gasteiger partial charge < -0.3 is 10.4 Å². The number of nitrogens with zero attached hydrogens (tertiary/aromatic N) is 1. The monoisotopic (exact) mass is 354 g/mol. The summed E-state index contributed by atoms with van der Waals surface area (Å²) in [6.45, 7) is 0. The quantitative estimate of drug-likeness (QED) is 0.822. The molecule has 1 heterocycles. The average molecular weight is 354 g/mol. The summed E-state index contributed by atoms with van der Waals surface area (Å²) in [6.07, 6.45) is 7.17. The lowest BCUT2D eigenvalue weighted by molar-refractivity contribution is -0.146. The van der Waals surface area contributed by atoms with Gasteiger partial charge in [-0.15, -0.1) is 11.3 Å². The molecule has 25 heavy (non-hydrogen) atoms. The molecule has 0 aliphatic heterocycles. The van der Waals surface area contributed by atoms with E-state index in [1.54, 1.807) is 11.3 Å². The van der Waals surface area contributed by atoms with Gasteiger partial charge in [-0.05, 0) is 49.3 Å². The van der Waals surface area contributed by atoms with E-state index < -0.39 is 17.8 Å². The SMILES string of the molecule is O=C(O)[C@H]1[C@H](C(=O)Nc2ccc3nc(C4CC4)sc3c2)[C@H]2C=C[C@H]1C2. The molecule has 2 saturated carbocycles. The van der Waals surface area contributed by atoms with Crippen molar-refractivity contribution in [2.45, 2.75) is 25.2 Å². The molecular weight excluding hydrogens is 336 g/mol. The predicted molar refractivity (Wildman–Crippen MR) is 95.6 cm³/mol. The van der Waals surface area contributed by atoms with E-state index in [1.165, 1.54) is 17.8 Å². The van der Waals surface area contributed by atoms with Gasteiger partial charge in [0.15, 0.2) is 0 Å². The number of amides is 1. The van der Waals surface area contributed by atoms with Crippen molar-refractivity contribution in [1.29, 1.82) is 0 Å². The zero-order valence-electron chi connectivity index (χ0n) is 13.5. The van der Waals surface area contributed by atoms with Crippen molar-refractivity contribution < 1.29 is 14.7 Å². The van der Waals surface area contributed by atoms with Gasteiger partial charge in [-0.2, -0.15) is 0 Å². The molecule has 128 valence electrons. The molecule has 1 aromatic heterocycles. The molecule has 5 nitrogen and oxygen atoms in total. The van der Waals surface area contributed by atoms with Crippen molar-refractivity contribution in [2.75, 3.05) is 5.32 Å². The molecule has 2 aromatic rings. The van der Waals surface area contributed by atoms with Crippen molar-refractivity contribution in [3.05, 3.63) is 35.4 Å². The topological polar surface area (TPSA) is 79.3 Å². The Balaban J connectivity index is 1.39. The largest absolute Gasteiger partial charge is 0.481 e. The molecule has 0 spiro atoms. The molecule has 1 aromatic carbocycles. The summed E-state index contributed by atoms with van der Waals surface area (Å²) in [5.41, 5.74) is 1.69. The molecule has 0 unspecified atom stereocenters.